The van der Waals surface area contributed by atoms with Crippen LogP contribution >= 0.6 is 0 Å². The number of aliphatic hydroxyl groups is 1. The van der Waals surface area contributed by atoms with Gasteiger partial charge in [0.15, 0.2) is 0 Å². The standard InChI is InChI=1S/C12H21NO2/c14-6-5-13-12(15)11-7-9-3-1-2-4-10(9)8-11/h9-11,14H,1-8H2,(H,13,15). The van der Waals surface area contributed by atoms with Crippen LogP contribution in [0.1, 0.15) is 38.5 Å². The molecule has 2 rings (SSSR count). The lowest BCUT2D eigenvalue weighted by Crippen LogP contribution is -2.31. The van der Waals surface area contributed by atoms with Crippen LogP contribution in [-0.2, 0) is 4.79 Å². The number of hydrogen-bond donors (Lipinski definition) is 2. The molecule has 2 saturated carbocycles. The molecule has 0 bridgehead atoms. The quantitative estimate of drug-likeness (QED) is 0.739. The minimum absolute atomic E-state index is 0.0469. The molecule has 2 N–H and O–H groups in total. The molecule has 1 amide bonds. The average molecular weight is 211 g/mol. The van der Waals surface area contributed by atoms with Gasteiger partial charge in [0.1, 0.15) is 0 Å². The summed E-state index contributed by atoms with van der Waals surface area (Å²) < 4.78 is 0. The van der Waals surface area contributed by atoms with E-state index < -0.39 is 0 Å². The summed E-state index contributed by atoms with van der Waals surface area (Å²) in [5.41, 5.74) is 0. The maximum absolute atomic E-state index is 11.7. The third kappa shape index (κ3) is 2.51. The number of amides is 1. The Kier molecular flexibility index (Phi) is 3.62. The highest BCUT2D eigenvalue weighted by molar-refractivity contribution is 5.78. The van der Waals surface area contributed by atoms with Crippen molar-refractivity contribution in [2.24, 2.45) is 17.8 Å². The van der Waals surface area contributed by atoms with Crippen LogP contribution in [-0.4, -0.2) is 24.2 Å². The average Bonchev–Trinajstić information content (AvgIpc) is 2.69. The molecule has 0 spiro atoms. The van der Waals surface area contributed by atoms with Crippen LogP contribution in [0.5, 0.6) is 0 Å². The monoisotopic (exact) mass is 211 g/mol. The zero-order valence-electron chi connectivity index (χ0n) is 9.24. The molecular formula is C12H21NO2. The molecule has 2 aliphatic carbocycles. The SMILES string of the molecule is O=C(NCCO)C1CC2CCCCC2C1. The highest BCUT2D eigenvalue weighted by Crippen LogP contribution is 2.44. The highest BCUT2D eigenvalue weighted by atomic mass is 16.3. The second-order valence-electron chi connectivity index (χ2n) is 4.99. The molecule has 0 heterocycles. The predicted octanol–water partition coefficient (Wildman–Crippen LogP) is 1.31. The first-order chi connectivity index (χ1) is 7.31. The van der Waals surface area contributed by atoms with Gasteiger partial charge in [-0.2, -0.15) is 0 Å². The third-order valence-corrected chi connectivity index (χ3v) is 4.02. The fraction of sp³-hybridized carbons (Fsp3) is 0.917. The molecule has 0 saturated heterocycles. The lowest BCUT2D eigenvalue weighted by molar-refractivity contribution is -0.125. The molecule has 0 aliphatic heterocycles. The van der Waals surface area contributed by atoms with E-state index in [0.717, 1.165) is 24.7 Å². The number of rotatable bonds is 3. The van der Waals surface area contributed by atoms with Crippen LogP contribution in [0.15, 0.2) is 0 Å². The van der Waals surface area contributed by atoms with Crippen molar-refractivity contribution in [3.63, 3.8) is 0 Å². The van der Waals surface area contributed by atoms with Gasteiger partial charge in [-0.3, -0.25) is 4.79 Å². The van der Waals surface area contributed by atoms with Crippen molar-refractivity contribution in [3.8, 4) is 0 Å². The molecule has 15 heavy (non-hydrogen) atoms. The number of aliphatic hydroxyl groups excluding tert-OH is 1. The molecule has 3 nitrogen and oxygen atoms in total. The van der Waals surface area contributed by atoms with Crippen molar-refractivity contribution >= 4 is 5.91 Å². The summed E-state index contributed by atoms with van der Waals surface area (Å²) in [5, 5.41) is 11.4. The van der Waals surface area contributed by atoms with Crippen molar-refractivity contribution in [1.82, 2.24) is 5.32 Å². The minimum atomic E-state index is 0.0469. The fourth-order valence-corrected chi connectivity index (χ4v) is 3.27. The second-order valence-corrected chi connectivity index (χ2v) is 4.99. The van der Waals surface area contributed by atoms with Crippen molar-refractivity contribution < 1.29 is 9.90 Å². The zero-order chi connectivity index (χ0) is 10.7. The van der Waals surface area contributed by atoms with E-state index in [1.165, 1.54) is 25.7 Å². The van der Waals surface area contributed by atoms with E-state index in [0.29, 0.717) is 6.54 Å². The first kappa shape index (κ1) is 10.9. The van der Waals surface area contributed by atoms with Crippen LogP contribution in [0.25, 0.3) is 0 Å². The van der Waals surface area contributed by atoms with E-state index in [1.54, 1.807) is 0 Å². The van der Waals surface area contributed by atoms with E-state index in [4.69, 9.17) is 5.11 Å². The van der Waals surface area contributed by atoms with Crippen molar-refractivity contribution in [3.05, 3.63) is 0 Å². The summed E-state index contributed by atoms with van der Waals surface area (Å²) in [6, 6.07) is 0. The van der Waals surface area contributed by atoms with Crippen molar-refractivity contribution in [2.45, 2.75) is 38.5 Å². The first-order valence-corrected chi connectivity index (χ1v) is 6.20. The van der Waals surface area contributed by atoms with Gasteiger partial charge in [0, 0.05) is 12.5 Å². The van der Waals surface area contributed by atoms with Gasteiger partial charge in [-0.15, -0.1) is 0 Å². The van der Waals surface area contributed by atoms with Gasteiger partial charge in [-0.05, 0) is 24.7 Å². The van der Waals surface area contributed by atoms with Crippen LogP contribution in [0.4, 0.5) is 0 Å². The Balaban J connectivity index is 1.82. The Morgan fingerprint density at radius 1 is 1.20 bits per heavy atom. The summed E-state index contributed by atoms with van der Waals surface area (Å²) >= 11 is 0. The number of nitrogens with one attached hydrogen (secondary N) is 1. The smallest absolute Gasteiger partial charge is 0.223 e. The lowest BCUT2D eigenvalue weighted by Gasteiger charge is -2.24. The number of carbonyl (C=O) groups excluding carboxylic acids is 1. The summed E-state index contributed by atoms with van der Waals surface area (Å²) in [4.78, 5) is 11.7. The number of fused-ring (bicyclic) bond motifs is 1. The van der Waals surface area contributed by atoms with E-state index in [1.807, 2.05) is 0 Å². The lowest BCUT2D eigenvalue weighted by atomic mass is 9.82. The van der Waals surface area contributed by atoms with E-state index >= 15 is 0 Å². The Morgan fingerprint density at radius 3 is 2.33 bits per heavy atom. The number of hydrogen-bond acceptors (Lipinski definition) is 2. The molecule has 0 aromatic heterocycles. The summed E-state index contributed by atoms with van der Waals surface area (Å²) in [7, 11) is 0. The largest absolute Gasteiger partial charge is 0.395 e. The van der Waals surface area contributed by atoms with Crippen molar-refractivity contribution in [2.75, 3.05) is 13.2 Å². The Labute approximate surface area is 91.2 Å². The first-order valence-electron chi connectivity index (χ1n) is 6.20. The fourth-order valence-electron chi connectivity index (χ4n) is 3.27. The predicted molar refractivity (Wildman–Crippen MR) is 58.3 cm³/mol. The molecule has 0 aromatic carbocycles. The molecule has 2 aliphatic rings. The molecule has 2 fully saturated rings. The van der Waals surface area contributed by atoms with Gasteiger partial charge in [-0.25, -0.2) is 0 Å². The Morgan fingerprint density at radius 2 is 1.80 bits per heavy atom. The molecule has 3 heteroatoms. The molecule has 0 aromatic rings. The second kappa shape index (κ2) is 4.97. The Bertz CT molecular complexity index is 216. The topological polar surface area (TPSA) is 49.3 Å². The van der Waals surface area contributed by atoms with E-state index in [2.05, 4.69) is 5.32 Å². The molecule has 0 radical (unpaired) electrons. The van der Waals surface area contributed by atoms with E-state index in [-0.39, 0.29) is 18.4 Å². The van der Waals surface area contributed by atoms with Gasteiger partial charge in [-0.1, -0.05) is 25.7 Å². The van der Waals surface area contributed by atoms with Gasteiger partial charge < -0.3 is 10.4 Å². The van der Waals surface area contributed by atoms with E-state index in [9.17, 15) is 4.79 Å². The van der Waals surface area contributed by atoms with Crippen LogP contribution in [0.3, 0.4) is 0 Å². The van der Waals surface area contributed by atoms with Crippen molar-refractivity contribution in [1.29, 1.82) is 0 Å². The zero-order valence-corrected chi connectivity index (χ0v) is 9.24. The third-order valence-electron chi connectivity index (χ3n) is 4.02. The summed E-state index contributed by atoms with van der Waals surface area (Å²) in [6.45, 7) is 0.454. The molecule has 2 unspecified atom stereocenters. The summed E-state index contributed by atoms with van der Waals surface area (Å²) in [5.74, 6) is 2.01. The normalized spacial score (nSPS) is 34.9. The van der Waals surface area contributed by atoms with Gasteiger partial charge in [0.05, 0.1) is 6.61 Å². The van der Waals surface area contributed by atoms with Crippen LogP contribution < -0.4 is 5.32 Å². The minimum Gasteiger partial charge on any atom is -0.395 e. The maximum atomic E-state index is 11.7. The molecular weight excluding hydrogens is 190 g/mol. The van der Waals surface area contributed by atoms with Gasteiger partial charge in [0.2, 0.25) is 5.91 Å². The molecule has 86 valence electrons. The van der Waals surface area contributed by atoms with Crippen LogP contribution in [0, 0.1) is 17.8 Å². The van der Waals surface area contributed by atoms with Gasteiger partial charge in [0.25, 0.3) is 0 Å². The highest BCUT2D eigenvalue weighted by Gasteiger charge is 2.38. The Hall–Kier alpha value is -0.570. The summed E-state index contributed by atoms with van der Waals surface area (Å²) in [6.07, 6.45) is 7.53. The van der Waals surface area contributed by atoms with Crippen LogP contribution in [0.2, 0.25) is 0 Å². The number of carbonyl (C=O) groups is 1. The molecule has 2 atom stereocenters. The van der Waals surface area contributed by atoms with Gasteiger partial charge >= 0.3 is 0 Å². The maximum Gasteiger partial charge on any atom is 0.223 e.